The lowest BCUT2D eigenvalue weighted by Gasteiger charge is -2.11. The zero-order valence-electron chi connectivity index (χ0n) is 10.1. The van der Waals surface area contributed by atoms with Crippen molar-refractivity contribution >= 4 is 16.5 Å². The highest BCUT2D eigenvalue weighted by atomic mass is 16.5. The molecule has 2 nitrogen and oxygen atoms in total. The standard InChI is InChI=1S/C15H17NO/c1-17-10-9-16-14-8-7-12-6-5-11-3-2-4-13(14)15(11)12/h2-4,7-8,16H,5-6,9-10H2,1H3. The molecular weight excluding hydrogens is 210 g/mol. The van der Waals surface area contributed by atoms with E-state index in [2.05, 4.69) is 35.6 Å². The molecule has 0 amide bonds. The Morgan fingerprint density at radius 2 is 1.94 bits per heavy atom. The van der Waals surface area contributed by atoms with Gasteiger partial charge in [-0.2, -0.15) is 0 Å². The van der Waals surface area contributed by atoms with Crippen molar-refractivity contribution in [3.63, 3.8) is 0 Å². The SMILES string of the molecule is COCCNc1ccc2c3c(cccc13)CC2. The second-order valence-corrected chi connectivity index (χ2v) is 4.53. The Morgan fingerprint density at radius 1 is 1.12 bits per heavy atom. The van der Waals surface area contributed by atoms with E-state index in [-0.39, 0.29) is 0 Å². The third-order valence-electron chi connectivity index (χ3n) is 3.50. The lowest BCUT2D eigenvalue weighted by atomic mass is 10.0. The maximum absolute atomic E-state index is 5.07. The summed E-state index contributed by atoms with van der Waals surface area (Å²) >= 11 is 0. The molecule has 0 heterocycles. The summed E-state index contributed by atoms with van der Waals surface area (Å²) in [5.74, 6) is 0. The van der Waals surface area contributed by atoms with Crippen molar-refractivity contribution in [2.24, 2.45) is 0 Å². The topological polar surface area (TPSA) is 21.3 Å². The molecule has 1 aliphatic carbocycles. The Morgan fingerprint density at radius 3 is 2.76 bits per heavy atom. The van der Waals surface area contributed by atoms with Crippen LogP contribution in [0.4, 0.5) is 5.69 Å². The molecule has 0 aliphatic heterocycles. The first kappa shape index (κ1) is 10.6. The monoisotopic (exact) mass is 227 g/mol. The molecule has 0 unspecified atom stereocenters. The van der Waals surface area contributed by atoms with Crippen molar-refractivity contribution in [2.75, 3.05) is 25.6 Å². The van der Waals surface area contributed by atoms with Gasteiger partial charge < -0.3 is 10.1 Å². The van der Waals surface area contributed by atoms with Crippen LogP contribution in [-0.4, -0.2) is 20.3 Å². The van der Waals surface area contributed by atoms with Crippen molar-refractivity contribution in [3.05, 3.63) is 41.5 Å². The molecule has 2 aromatic rings. The van der Waals surface area contributed by atoms with Crippen LogP contribution in [0.1, 0.15) is 11.1 Å². The minimum atomic E-state index is 0.739. The first-order valence-electron chi connectivity index (χ1n) is 6.16. The number of hydrogen-bond acceptors (Lipinski definition) is 2. The van der Waals surface area contributed by atoms with Gasteiger partial charge in [0, 0.05) is 24.7 Å². The van der Waals surface area contributed by atoms with Gasteiger partial charge in [-0.25, -0.2) is 0 Å². The van der Waals surface area contributed by atoms with Gasteiger partial charge in [-0.05, 0) is 35.4 Å². The van der Waals surface area contributed by atoms with Crippen LogP contribution in [0.15, 0.2) is 30.3 Å². The number of hydrogen-bond donors (Lipinski definition) is 1. The molecule has 0 atom stereocenters. The molecule has 3 rings (SSSR count). The van der Waals surface area contributed by atoms with Crippen LogP contribution in [0, 0.1) is 0 Å². The zero-order chi connectivity index (χ0) is 11.7. The molecule has 0 saturated carbocycles. The Kier molecular flexibility index (Phi) is 2.73. The van der Waals surface area contributed by atoms with E-state index < -0.39 is 0 Å². The van der Waals surface area contributed by atoms with Crippen LogP contribution in [0.5, 0.6) is 0 Å². The molecular formula is C15H17NO. The maximum atomic E-state index is 5.07. The van der Waals surface area contributed by atoms with Crippen molar-refractivity contribution in [1.29, 1.82) is 0 Å². The van der Waals surface area contributed by atoms with Gasteiger partial charge in [0.25, 0.3) is 0 Å². The number of rotatable bonds is 4. The second kappa shape index (κ2) is 4.38. The second-order valence-electron chi connectivity index (χ2n) is 4.53. The van der Waals surface area contributed by atoms with Crippen molar-refractivity contribution in [1.82, 2.24) is 0 Å². The molecule has 0 bridgehead atoms. The average molecular weight is 227 g/mol. The molecule has 0 saturated heterocycles. The summed E-state index contributed by atoms with van der Waals surface area (Å²) in [6, 6.07) is 11.1. The minimum absolute atomic E-state index is 0.739. The molecule has 0 aromatic heterocycles. The quantitative estimate of drug-likeness (QED) is 0.811. The van der Waals surface area contributed by atoms with E-state index >= 15 is 0 Å². The Balaban J connectivity index is 2.03. The van der Waals surface area contributed by atoms with Crippen LogP contribution in [0.25, 0.3) is 10.8 Å². The number of benzene rings is 2. The molecule has 1 aliphatic rings. The highest BCUT2D eigenvalue weighted by Gasteiger charge is 2.15. The van der Waals surface area contributed by atoms with E-state index in [0.717, 1.165) is 13.2 Å². The normalized spacial score (nSPS) is 13.2. The Labute approximate surface area is 102 Å². The molecule has 17 heavy (non-hydrogen) atoms. The number of nitrogens with one attached hydrogen (secondary N) is 1. The minimum Gasteiger partial charge on any atom is -0.383 e. The summed E-state index contributed by atoms with van der Waals surface area (Å²) in [4.78, 5) is 0. The summed E-state index contributed by atoms with van der Waals surface area (Å²) < 4.78 is 5.07. The number of aryl methyl sites for hydroxylation is 2. The van der Waals surface area contributed by atoms with Gasteiger partial charge in [0.05, 0.1) is 6.61 Å². The fourth-order valence-corrected chi connectivity index (χ4v) is 2.69. The predicted molar refractivity (Wildman–Crippen MR) is 71.7 cm³/mol. The zero-order valence-corrected chi connectivity index (χ0v) is 10.1. The third-order valence-corrected chi connectivity index (χ3v) is 3.50. The van der Waals surface area contributed by atoms with Crippen LogP contribution in [-0.2, 0) is 17.6 Å². The molecule has 88 valence electrons. The van der Waals surface area contributed by atoms with Gasteiger partial charge in [0.1, 0.15) is 0 Å². The maximum Gasteiger partial charge on any atom is 0.0635 e. The van der Waals surface area contributed by atoms with E-state index in [1.807, 2.05) is 0 Å². The fraction of sp³-hybridized carbons (Fsp3) is 0.333. The summed E-state index contributed by atoms with van der Waals surface area (Å²) in [6.07, 6.45) is 2.38. The first-order chi connectivity index (χ1) is 8.40. The van der Waals surface area contributed by atoms with Gasteiger partial charge in [0.2, 0.25) is 0 Å². The van der Waals surface area contributed by atoms with E-state index in [1.54, 1.807) is 7.11 Å². The van der Waals surface area contributed by atoms with Crippen molar-refractivity contribution in [3.8, 4) is 0 Å². The van der Waals surface area contributed by atoms with Gasteiger partial charge >= 0.3 is 0 Å². The van der Waals surface area contributed by atoms with Gasteiger partial charge in [-0.15, -0.1) is 0 Å². The Hall–Kier alpha value is -1.54. The summed E-state index contributed by atoms with van der Waals surface area (Å²) in [5.41, 5.74) is 4.21. The van der Waals surface area contributed by atoms with Crippen LogP contribution in [0.3, 0.4) is 0 Å². The fourth-order valence-electron chi connectivity index (χ4n) is 2.69. The highest BCUT2D eigenvalue weighted by Crippen LogP contribution is 2.34. The van der Waals surface area contributed by atoms with E-state index in [0.29, 0.717) is 0 Å². The van der Waals surface area contributed by atoms with Crippen molar-refractivity contribution in [2.45, 2.75) is 12.8 Å². The van der Waals surface area contributed by atoms with Gasteiger partial charge in [0.15, 0.2) is 0 Å². The lowest BCUT2D eigenvalue weighted by Crippen LogP contribution is -2.07. The lowest BCUT2D eigenvalue weighted by molar-refractivity contribution is 0.211. The van der Waals surface area contributed by atoms with Crippen LogP contribution < -0.4 is 5.32 Å². The first-order valence-corrected chi connectivity index (χ1v) is 6.16. The number of ether oxygens (including phenoxy) is 1. The molecule has 2 aromatic carbocycles. The van der Waals surface area contributed by atoms with Crippen LogP contribution in [0.2, 0.25) is 0 Å². The smallest absolute Gasteiger partial charge is 0.0635 e. The molecule has 2 heteroatoms. The Bertz CT molecular complexity index is 538. The average Bonchev–Trinajstić information content (AvgIpc) is 2.78. The van der Waals surface area contributed by atoms with E-state index in [4.69, 9.17) is 4.74 Å². The third kappa shape index (κ3) is 1.79. The predicted octanol–water partition coefficient (Wildman–Crippen LogP) is 3.00. The largest absolute Gasteiger partial charge is 0.383 e. The van der Waals surface area contributed by atoms with Crippen LogP contribution >= 0.6 is 0 Å². The van der Waals surface area contributed by atoms with E-state index in [1.165, 1.54) is 40.4 Å². The van der Waals surface area contributed by atoms with Gasteiger partial charge in [-0.1, -0.05) is 24.3 Å². The highest BCUT2D eigenvalue weighted by molar-refractivity contribution is 5.99. The summed E-state index contributed by atoms with van der Waals surface area (Å²) in [7, 11) is 1.73. The summed E-state index contributed by atoms with van der Waals surface area (Å²) in [6.45, 7) is 1.60. The number of anilines is 1. The van der Waals surface area contributed by atoms with Crippen molar-refractivity contribution < 1.29 is 4.74 Å². The molecule has 0 fully saturated rings. The molecule has 0 spiro atoms. The summed E-state index contributed by atoms with van der Waals surface area (Å²) in [5, 5.41) is 6.27. The number of methoxy groups -OCH3 is 1. The van der Waals surface area contributed by atoms with E-state index in [9.17, 15) is 0 Å². The van der Waals surface area contributed by atoms with Gasteiger partial charge in [-0.3, -0.25) is 0 Å². The molecule has 0 radical (unpaired) electrons. The molecule has 1 N–H and O–H groups in total.